The predicted octanol–water partition coefficient (Wildman–Crippen LogP) is 4.96. The highest BCUT2D eigenvalue weighted by Gasteiger charge is 2.53. The van der Waals surface area contributed by atoms with Crippen molar-refractivity contribution in [2.24, 2.45) is 0 Å². The van der Waals surface area contributed by atoms with Crippen LogP contribution in [0.2, 0.25) is 0 Å². The van der Waals surface area contributed by atoms with Crippen LogP contribution in [0.5, 0.6) is 11.5 Å². The molecule has 31 heavy (non-hydrogen) atoms. The summed E-state index contributed by atoms with van der Waals surface area (Å²) in [6.07, 6.45) is -10.1. The third-order valence-corrected chi connectivity index (χ3v) is 5.59. The molecule has 2 atom stereocenters. The van der Waals surface area contributed by atoms with Gasteiger partial charge in [0.15, 0.2) is 11.2 Å². The minimum Gasteiger partial charge on any atom is -0.508 e. The van der Waals surface area contributed by atoms with E-state index in [9.17, 15) is 46.8 Å². The molecule has 0 radical (unpaired) electrons. The Hall–Kier alpha value is -2.46. The summed E-state index contributed by atoms with van der Waals surface area (Å²) >= 11 is 0. The summed E-state index contributed by atoms with van der Waals surface area (Å²) in [6, 6.07) is 6.26. The normalized spacial score (nSPS) is 17.2. The monoisotopic (exact) mass is 452 g/mol. The largest absolute Gasteiger partial charge is 0.508 e. The van der Waals surface area contributed by atoms with Crippen LogP contribution in [0.25, 0.3) is 0 Å². The standard InChI is InChI=1S/C21H22F6O4/c1-17(2,11-6-8-15(28)14(9-11)19(4,31)21(25,26)27)12-5-7-13(16(29)10-12)18(3,30)20(22,23)24/h5-10,28-31H,1-4H3. The number of aromatic hydroxyl groups is 2. The second-order valence-electron chi connectivity index (χ2n) is 8.23. The summed E-state index contributed by atoms with van der Waals surface area (Å²) in [5.41, 5.74) is -9.03. The lowest BCUT2D eigenvalue weighted by Crippen LogP contribution is -2.39. The minimum atomic E-state index is -5.09. The van der Waals surface area contributed by atoms with Gasteiger partial charge in [-0.2, -0.15) is 26.3 Å². The zero-order valence-electron chi connectivity index (χ0n) is 17.0. The maximum atomic E-state index is 13.2. The molecule has 0 heterocycles. The number of hydrogen-bond donors (Lipinski definition) is 4. The zero-order valence-corrected chi connectivity index (χ0v) is 17.0. The molecule has 0 saturated heterocycles. The summed E-state index contributed by atoms with van der Waals surface area (Å²) < 4.78 is 79.0. The van der Waals surface area contributed by atoms with Crippen molar-refractivity contribution >= 4 is 0 Å². The van der Waals surface area contributed by atoms with Crippen LogP contribution in [-0.2, 0) is 16.6 Å². The van der Waals surface area contributed by atoms with E-state index in [2.05, 4.69) is 0 Å². The van der Waals surface area contributed by atoms with Crippen molar-refractivity contribution in [1.82, 2.24) is 0 Å². The van der Waals surface area contributed by atoms with Crippen molar-refractivity contribution in [3.63, 3.8) is 0 Å². The van der Waals surface area contributed by atoms with E-state index >= 15 is 0 Å². The van der Waals surface area contributed by atoms with E-state index in [1.165, 1.54) is 26.0 Å². The van der Waals surface area contributed by atoms with Crippen LogP contribution in [0.1, 0.15) is 49.9 Å². The Balaban J connectivity index is 2.59. The van der Waals surface area contributed by atoms with E-state index < -0.39 is 51.6 Å². The Morgan fingerprint density at radius 1 is 0.581 bits per heavy atom. The molecule has 0 fully saturated rings. The second kappa shape index (κ2) is 7.30. The summed E-state index contributed by atoms with van der Waals surface area (Å²) in [6.45, 7) is 4.03. The van der Waals surface area contributed by atoms with Gasteiger partial charge < -0.3 is 20.4 Å². The molecule has 0 saturated carbocycles. The summed E-state index contributed by atoms with van der Waals surface area (Å²) in [5, 5.41) is 39.8. The molecule has 0 spiro atoms. The van der Waals surface area contributed by atoms with E-state index in [0.29, 0.717) is 13.8 Å². The van der Waals surface area contributed by atoms with Crippen LogP contribution in [0.3, 0.4) is 0 Å². The van der Waals surface area contributed by atoms with E-state index in [1.807, 2.05) is 0 Å². The number of aliphatic hydroxyl groups is 2. The molecule has 0 aliphatic heterocycles. The molecule has 172 valence electrons. The quantitative estimate of drug-likeness (QED) is 0.495. The fourth-order valence-corrected chi connectivity index (χ4v) is 3.12. The lowest BCUT2D eigenvalue weighted by Gasteiger charge is -2.32. The van der Waals surface area contributed by atoms with Crippen molar-refractivity contribution in [1.29, 1.82) is 0 Å². The SMILES string of the molecule is CC(C)(c1ccc(C(C)(O)C(F)(F)F)c(O)c1)c1ccc(O)c(C(C)(O)C(F)(F)F)c1. The van der Waals surface area contributed by atoms with Crippen LogP contribution >= 0.6 is 0 Å². The van der Waals surface area contributed by atoms with Gasteiger partial charge >= 0.3 is 12.4 Å². The van der Waals surface area contributed by atoms with Gasteiger partial charge in [-0.15, -0.1) is 0 Å². The number of rotatable bonds is 4. The van der Waals surface area contributed by atoms with Gasteiger partial charge in [0.1, 0.15) is 11.5 Å². The molecule has 4 nitrogen and oxygen atoms in total. The first-order valence-corrected chi connectivity index (χ1v) is 9.00. The maximum Gasteiger partial charge on any atom is 0.421 e. The number of halogens is 6. The fourth-order valence-electron chi connectivity index (χ4n) is 3.12. The van der Waals surface area contributed by atoms with Gasteiger partial charge in [0.05, 0.1) is 0 Å². The molecule has 2 aromatic carbocycles. The first kappa shape index (κ1) is 24.8. The van der Waals surface area contributed by atoms with Gasteiger partial charge in [-0.05, 0) is 43.2 Å². The Kier molecular flexibility index (Phi) is 5.84. The molecule has 2 aromatic rings. The molecule has 0 aromatic heterocycles. The van der Waals surface area contributed by atoms with Crippen molar-refractivity contribution in [3.8, 4) is 11.5 Å². The predicted molar refractivity (Wildman–Crippen MR) is 99.6 cm³/mol. The van der Waals surface area contributed by atoms with Gasteiger partial charge in [0.2, 0.25) is 0 Å². The molecular weight excluding hydrogens is 430 g/mol. The van der Waals surface area contributed by atoms with Gasteiger partial charge in [-0.1, -0.05) is 32.0 Å². The topological polar surface area (TPSA) is 80.9 Å². The van der Waals surface area contributed by atoms with E-state index in [-0.39, 0.29) is 11.1 Å². The third-order valence-electron chi connectivity index (χ3n) is 5.59. The Morgan fingerprint density at radius 3 is 1.45 bits per heavy atom. The van der Waals surface area contributed by atoms with E-state index in [4.69, 9.17) is 0 Å². The molecule has 2 rings (SSSR count). The molecule has 4 N–H and O–H groups in total. The molecule has 0 bridgehead atoms. The van der Waals surface area contributed by atoms with Gasteiger partial charge in [-0.3, -0.25) is 0 Å². The van der Waals surface area contributed by atoms with Crippen LogP contribution in [0.15, 0.2) is 36.4 Å². The van der Waals surface area contributed by atoms with Crippen molar-refractivity contribution in [3.05, 3.63) is 58.7 Å². The average Bonchev–Trinajstić information content (AvgIpc) is 2.59. The molecule has 0 aliphatic rings. The molecule has 2 unspecified atom stereocenters. The van der Waals surface area contributed by atoms with Crippen LogP contribution in [0, 0.1) is 0 Å². The molecule has 0 amide bonds. The molecular formula is C21H22F6O4. The van der Waals surface area contributed by atoms with Crippen molar-refractivity contribution in [2.75, 3.05) is 0 Å². The Labute approximate surface area is 174 Å². The van der Waals surface area contributed by atoms with E-state index in [0.717, 1.165) is 24.3 Å². The summed E-state index contributed by atoms with van der Waals surface area (Å²) in [7, 11) is 0. The fraction of sp³-hybridized carbons (Fsp3) is 0.429. The van der Waals surface area contributed by atoms with E-state index in [1.54, 1.807) is 0 Å². The van der Waals surface area contributed by atoms with Crippen LogP contribution < -0.4 is 0 Å². The number of alkyl halides is 6. The number of phenolic OH excluding ortho intramolecular Hbond substituents is 2. The number of benzene rings is 2. The van der Waals surface area contributed by atoms with Gasteiger partial charge in [-0.25, -0.2) is 0 Å². The lowest BCUT2D eigenvalue weighted by atomic mass is 9.75. The highest BCUT2D eigenvalue weighted by Crippen LogP contribution is 2.46. The smallest absolute Gasteiger partial charge is 0.421 e. The molecule has 0 aliphatic carbocycles. The molecule has 10 heteroatoms. The van der Waals surface area contributed by atoms with Crippen molar-refractivity contribution < 1.29 is 46.8 Å². The summed E-state index contributed by atoms with van der Waals surface area (Å²) in [5.74, 6) is -1.64. The number of phenols is 2. The number of hydrogen-bond acceptors (Lipinski definition) is 4. The van der Waals surface area contributed by atoms with Gasteiger partial charge in [0.25, 0.3) is 0 Å². The minimum absolute atomic E-state index is 0.180. The van der Waals surface area contributed by atoms with Crippen LogP contribution in [-0.4, -0.2) is 32.8 Å². The second-order valence-corrected chi connectivity index (χ2v) is 8.23. The Bertz CT molecular complexity index is 975. The first-order chi connectivity index (χ1) is 13.7. The lowest BCUT2D eigenvalue weighted by molar-refractivity contribution is -0.259. The first-order valence-electron chi connectivity index (χ1n) is 9.00. The van der Waals surface area contributed by atoms with Crippen molar-refractivity contribution in [2.45, 2.75) is 56.7 Å². The maximum absolute atomic E-state index is 13.2. The Morgan fingerprint density at radius 2 is 1.00 bits per heavy atom. The third kappa shape index (κ3) is 4.18. The summed E-state index contributed by atoms with van der Waals surface area (Å²) in [4.78, 5) is 0. The highest BCUT2D eigenvalue weighted by atomic mass is 19.4. The average molecular weight is 452 g/mol. The van der Waals surface area contributed by atoms with Crippen LogP contribution in [0.4, 0.5) is 26.3 Å². The zero-order chi connectivity index (χ0) is 24.2. The van der Waals surface area contributed by atoms with Gasteiger partial charge in [0, 0.05) is 16.5 Å². The highest BCUT2D eigenvalue weighted by molar-refractivity contribution is 5.49.